The van der Waals surface area contributed by atoms with Crippen molar-refractivity contribution < 1.29 is 21.6 Å². The van der Waals surface area contributed by atoms with Gasteiger partial charge in [0, 0.05) is 18.0 Å². The smallest absolute Gasteiger partial charge is 0.306 e. The van der Waals surface area contributed by atoms with E-state index in [4.69, 9.17) is 11.6 Å². The Balaban J connectivity index is 1.78. The molecule has 5 nitrogen and oxygen atoms in total. The Hall–Kier alpha value is -3.04. The summed E-state index contributed by atoms with van der Waals surface area (Å²) in [6.45, 7) is 1.90. The molecule has 2 aromatic heterocycles. The molecule has 160 valence electrons. The first kappa shape index (κ1) is 21.2. The highest BCUT2D eigenvalue weighted by molar-refractivity contribution is 7.92. The first-order valence-electron chi connectivity index (χ1n) is 8.99. The van der Waals surface area contributed by atoms with Crippen molar-refractivity contribution in [1.82, 2.24) is 9.38 Å². The van der Waals surface area contributed by atoms with Gasteiger partial charge in [-0.05, 0) is 42.8 Å². The van der Waals surface area contributed by atoms with Crippen LogP contribution in [0.1, 0.15) is 11.1 Å². The molecule has 2 aromatic carbocycles. The molecule has 0 bridgehead atoms. The predicted molar refractivity (Wildman–Crippen MR) is 113 cm³/mol. The molecule has 0 radical (unpaired) electrons. The number of anilines is 1. The van der Waals surface area contributed by atoms with Gasteiger partial charge >= 0.3 is 6.18 Å². The van der Waals surface area contributed by atoms with E-state index in [1.807, 2.05) is 25.3 Å². The number of imidazole rings is 1. The minimum atomic E-state index is -4.71. The Morgan fingerprint density at radius 3 is 2.52 bits per heavy atom. The molecular formula is C21H15ClF3N3O2S. The number of rotatable bonds is 4. The first-order chi connectivity index (χ1) is 14.6. The van der Waals surface area contributed by atoms with Gasteiger partial charge in [-0.15, -0.1) is 0 Å². The van der Waals surface area contributed by atoms with E-state index < -0.39 is 26.7 Å². The van der Waals surface area contributed by atoms with E-state index in [-0.39, 0.29) is 10.7 Å². The van der Waals surface area contributed by atoms with Crippen LogP contribution in [-0.2, 0) is 16.2 Å². The number of aromatic nitrogens is 2. The Morgan fingerprint density at radius 2 is 1.81 bits per heavy atom. The maximum absolute atomic E-state index is 13.1. The first-order valence-corrected chi connectivity index (χ1v) is 10.9. The Kier molecular flexibility index (Phi) is 5.18. The largest absolute Gasteiger partial charge is 0.416 e. The second kappa shape index (κ2) is 7.58. The van der Waals surface area contributed by atoms with Crippen LogP contribution < -0.4 is 4.72 Å². The van der Waals surface area contributed by atoms with Crippen LogP contribution in [0.2, 0.25) is 5.02 Å². The summed E-state index contributed by atoms with van der Waals surface area (Å²) in [5.74, 6) is 0. The average Bonchev–Trinajstić information content (AvgIpc) is 3.13. The number of aryl methyl sites for hydroxylation is 1. The Morgan fingerprint density at radius 1 is 1.06 bits per heavy atom. The van der Waals surface area contributed by atoms with Gasteiger partial charge in [0.05, 0.1) is 22.0 Å². The van der Waals surface area contributed by atoms with Crippen LogP contribution in [-0.4, -0.2) is 17.8 Å². The van der Waals surface area contributed by atoms with E-state index in [2.05, 4.69) is 9.71 Å². The number of fused-ring (bicyclic) bond motifs is 1. The molecule has 0 atom stereocenters. The third-order valence-corrected chi connectivity index (χ3v) is 6.52. The third-order valence-electron chi connectivity index (χ3n) is 4.67. The Labute approximate surface area is 181 Å². The normalized spacial score (nSPS) is 12.3. The molecule has 0 amide bonds. The summed E-state index contributed by atoms with van der Waals surface area (Å²) in [5, 5.41) is -0.318. The van der Waals surface area contributed by atoms with Gasteiger partial charge in [-0.1, -0.05) is 35.9 Å². The lowest BCUT2D eigenvalue weighted by Crippen LogP contribution is -2.16. The molecular weight excluding hydrogens is 451 g/mol. The topological polar surface area (TPSA) is 63.5 Å². The molecule has 4 rings (SSSR count). The van der Waals surface area contributed by atoms with Crippen LogP contribution in [0.3, 0.4) is 0 Å². The van der Waals surface area contributed by atoms with Gasteiger partial charge in [-0.2, -0.15) is 13.2 Å². The van der Waals surface area contributed by atoms with Gasteiger partial charge in [0.25, 0.3) is 10.0 Å². The third kappa shape index (κ3) is 4.11. The van der Waals surface area contributed by atoms with Crippen LogP contribution in [0.25, 0.3) is 16.9 Å². The number of hydrogen-bond acceptors (Lipinski definition) is 3. The average molecular weight is 466 g/mol. The van der Waals surface area contributed by atoms with Crippen molar-refractivity contribution in [3.8, 4) is 11.3 Å². The number of halogens is 4. The minimum absolute atomic E-state index is 0.164. The van der Waals surface area contributed by atoms with Crippen LogP contribution >= 0.6 is 11.6 Å². The number of hydrogen-bond donors (Lipinski definition) is 1. The van der Waals surface area contributed by atoms with Gasteiger partial charge in [-0.25, -0.2) is 13.4 Å². The second-order valence-corrected chi connectivity index (χ2v) is 8.90. The summed E-state index contributed by atoms with van der Waals surface area (Å²) < 4.78 is 69.2. The van der Waals surface area contributed by atoms with Crippen molar-refractivity contribution in [2.45, 2.75) is 18.0 Å². The van der Waals surface area contributed by atoms with E-state index >= 15 is 0 Å². The van der Waals surface area contributed by atoms with E-state index in [0.717, 1.165) is 17.7 Å². The monoisotopic (exact) mass is 465 g/mol. The van der Waals surface area contributed by atoms with Gasteiger partial charge in [-0.3, -0.25) is 4.72 Å². The summed E-state index contributed by atoms with van der Waals surface area (Å²) in [6.07, 6.45) is -1.15. The minimum Gasteiger partial charge on any atom is -0.306 e. The molecule has 0 unspecified atom stereocenters. The van der Waals surface area contributed by atoms with E-state index in [1.165, 1.54) is 6.07 Å². The SMILES string of the molecule is Cc1cccn2cc(-c3ccccc3NS(=O)(=O)c3cc(C(F)(F)F)ccc3Cl)nc12. The number of alkyl halides is 3. The highest BCUT2D eigenvalue weighted by atomic mass is 35.5. The van der Waals surface area contributed by atoms with Crippen molar-refractivity contribution in [2.75, 3.05) is 4.72 Å². The molecule has 0 saturated carbocycles. The number of benzene rings is 2. The number of para-hydroxylation sites is 1. The summed E-state index contributed by atoms with van der Waals surface area (Å²) in [4.78, 5) is 3.90. The van der Waals surface area contributed by atoms with Crippen LogP contribution in [0.4, 0.5) is 18.9 Å². The lowest BCUT2D eigenvalue weighted by molar-refractivity contribution is -0.137. The van der Waals surface area contributed by atoms with Gasteiger partial charge < -0.3 is 4.40 Å². The molecule has 4 aromatic rings. The lowest BCUT2D eigenvalue weighted by atomic mass is 10.1. The van der Waals surface area contributed by atoms with Gasteiger partial charge in [0.1, 0.15) is 10.5 Å². The van der Waals surface area contributed by atoms with Crippen LogP contribution in [0.5, 0.6) is 0 Å². The molecule has 0 saturated heterocycles. The van der Waals surface area contributed by atoms with Crippen LogP contribution in [0.15, 0.2) is 71.9 Å². The fourth-order valence-corrected chi connectivity index (χ4v) is 4.77. The molecule has 1 N–H and O–H groups in total. The summed E-state index contributed by atoms with van der Waals surface area (Å²) in [5.41, 5.74) is 1.66. The Bertz CT molecular complexity index is 1400. The summed E-state index contributed by atoms with van der Waals surface area (Å²) >= 11 is 5.92. The van der Waals surface area contributed by atoms with Gasteiger partial charge in [0.2, 0.25) is 0 Å². The van der Waals surface area contributed by atoms with Crippen molar-refractivity contribution in [3.05, 3.63) is 83.1 Å². The molecule has 0 fully saturated rings. The zero-order valence-electron chi connectivity index (χ0n) is 16.0. The second-order valence-electron chi connectivity index (χ2n) is 6.84. The number of sulfonamides is 1. The number of nitrogens with zero attached hydrogens (tertiary/aromatic N) is 2. The maximum Gasteiger partial charge on any atom is 0.416 e. The number of pyridine rings is 1. The highest BCUT2D eigenvalue weighted by Crippen LogP contribution is 2.35. The molecule has 0 aliphatic carbocycles. The van der Waals surface area contributed by atoms with E-state index in [9.17, 15) is 21.6 Å². The molecule has 0 aliphatic rings. The zero-order valence-corrected chi connectivity index (χ0v) is 17.6. The molecule has 2 heterocycles. The standard InChI is InChI=1S/C21H15ClF3N3O2S/c1-13-5-4-10-28-12-18(26-20(13)28)15-6-2-3-7-17(15)27-31(29,30)19-11-14(21(23,24)25)8-9-16(19)22/h2-12,27H,1H3. The summed E-state index contributed by atoms with van der Waals surface area (Å²) in [6, 6.07) is 12.4. The molecule has 0 spiro atoms. The van der Waals surface area contributed by atoms with E-state index in [0.29, 0.717) is 23.0 Å². The van der Waals surface area contributed by atoms with Crippen molar-refractivity contribution in [1.29, 1.82) is 0 Å². The summed E-state index contributed by atoms with van der Waals surface area (Å²) in [7, 11) is -4.41. The van der Waals surface area contributed by atoms with Crippen molar-refractivity contribution in [2.24, 2.45) is 0 Å². The maximum atomic E-state index is 13.1. The van der Waals surface area contributed by atoms with Crippen molar-refractivity contribution in [3.63, 3.8) is 0 Å². The molecule has 0 aliphatic heterocycles. The predicted octanol–water partition coefficient (Wildman–Crippen LogP) is 5.78. The van der Waals surface area contributed by atoms with Crippen LogP contribution in [0, 0.1) is 6.92 Å². The zero-order chi connectivity index (χ0) is 22.4. The fraction of sp³-hybridized carbons (Fsp3) is 0.0952. The highest BCUT2D eigenvalue weighted by Gasteiger charge is 2.33. The molecule has 31 heavy (non-hydrogen) atoms. The van der Waals surface area contributed by atoms with Crippen molar-refractivity contribution >= 4 is 33.0 Å². The number of nitrogens with one attached hydrogen (secondary N) is 1. The molecule has 10 heteroatoms. The van der Waals surface area contributed by atoms with Gasteiger partial charge in [0.15, 0.2) is 0 Å². The fourth-order valence-electron chi connectivity index (χ4n) is 3.16. The van der Waals surface area contributed by atoms with E-state index in [1.54, 1.807) is 28.8 Å². The quantitative estimate of drug-likeness (QED) is 0.415. The lowest BCUT2D eigenvalue weighted by Gasteiger charge is -2.14.